The fourth-order valence-corrected chi connectivity index (χ4v) is 1.24. The van der Waals surface area contributed by atoms with Gasteiger partial charge >= 0.3 is 5.97 Å². The van der Waals surface area contributed by atoms with Crippen LogP contribution in [-0.4, -0.2) is 29.4 Å². The summed E-state index contributed by atoms with van der Waals surface area (Å²) in [7, 11) is 0. The first-order valence-electron chi connectivity index (χ1n) is 5.55. The molecule has 1 aromatic heterocycles. The highest BCUT2D eigenvalue weighted by Gasteiger charge is 2.17. The number of aromatic nitrogens is 2. The van der Waals surface area contributed by atoms with Crippen molar-refractivity contribution in [3.63, 3.8) is 0 Å². The number of nitrogens with zero attached hydrogens (tertiary/aromatic N) is 1. The zero-order valence-electron chi connectivity index (χ0n) is 10.0. The number of ether oxygens (including phenoxy) is 2. The van der Waals surface area contributed by atoms with Gasteiger partial charge in [0, 0.05) is 5.56 Å². The Balaban J connectivity index is 2.64. The van der Waals surface area contributed by atoms with E-state index in [9.17, 15) is 4.79 Å². The van der Waals surface area contributed by atoms with Crippen molar-refractivity contribution in [2.75, 3.05) is 13.2 Å². The Kier molecular flexibility index (Phi) is 4.82. The molecule has 0 saturated heterocycles. The lowest BCUT2D eigenvalue weighted by Crippen LogP contribution is -2.06. The van der Waals surface area contributed by atoms with Gasteiger partial charge in [-0.2, -0.15) is 0 Å². The van der Waals surface area contributed by atoms with Crippen LogP contribution in [0.4, 0.5) is 0 Å². The molecule has 0 aliphatic rings. The monoisotopic (exact) mass is 226 g/mol. The minimum atomic E-state index is -0.391. The molecule has 0 fully saturated rings. The maximum absolute atomic E-state index is 11.5. The summed E-state index contributed by atoms with van der Waals surface area (Å²) in [5.74, 6) is 0.0920. The molecule has 5 nitrogen and oxygen atoms in total. The Morgan fingerprint density at radius 2 is 2.19 bits per heavy atom. The van der Waals surface area contributed by atoms with Crippen LogP contribution in [0, 0.1) is 6.92 Å². The average molecular weight is 226 g/mol. The van der Waals surface area contributed by atoms with Crippen LogP contribution in [0.2, 0.25) is 0 Å². The molecule has 0 aliphatic carbocycles. The molecule has 90 valence electrons. The highest BCUT2D eigenvalue weighted by Crippen LogP contribution is 2.18. The molecule has 0 atom stereocenters. The van der Waals surface area contributed by atoms with Crippen molar-refractivity contribution in [1.82, 2.24) is 10.2 Å². The first-order valence-corrected chi connectivity index (χ1v) is 5.55. The topological polar surface area (TPSA) is 64.2 Å². The molecule has 0 unspecified atom stereocenters. The largest absolute Gasteiger partial charge is 0.476 e. The molecule has 1 N–H and O–H groups in total. The summed E-state index contributed by atoms with van der Waals surface area (Å²) in [6.07, 6.45) is 2.04. The van der Waals surface area contributed by atoms with E-state index in [-0.39, 0.29) is 0 Å². The maximum atomic E-state index is 11.5. The highest BCUT2D eigenvalue weighted by atomic mass is 16.5. The molecule has 0 saturated carbocycles. The van der Waals surface area contributed by atoms with Gasteiger partial charge in [0.25, 0.3) is 0 Å². The third-order valence-corrected chi connectivity index (χ3v) is 2.18. The van der Waals surface area contributed by atoms with E-state index < -0.39 is 5.97 Å². The van der Waals surface area contributed by atoms with Crippen LogP contribution in [0.3, 0.4) is 0 Å². The number of unbranched alkanes of at least 4 members (excludes halogenated alkanes) is 1. The van der Waals surface area contributed by atoms with Crippen molar-refractivity contribution in [3.05, 3.63) is 11.3 Å². The molecule has 0 amide bonds. The molecule has 0 spiro atoms. The third kappa shape index (κ3) is 2.98. The summed E-state index contributed by atoms with van der Waals surface area (Å²) < 4.78 is 10.3. The van der Waals surface area contributed by atoms with Crippen molar-refractivity contribution in [1.29, 1.82) is 0 Å². The number of nitrogens with one attached hydrogen (secondary N) is 1. The quantitative estimate of drug-likeness (QED) is 0.595. The molecule has 0 bridgehead atoms. The van der Waals surface area contributed by atoms with Gasteiger partial charge in [0.1, 0.15) is 5.69 Å². The first-order chi connectivity index (χ1) is 7.70. The van der Waals surface area contributed by atoms with Crippen molar-refractivity contribution < 1.29 is 14.3 Å². The van der Waals surface area contributed by atoms with Crippen LogP contribution >= 0.6 is 0 Å². The fraction of sp³-hybridized carbons (Fsp3) is 0.636. The van der Waals surface area contributed by atoms with Crippen molar-refractivity contribution >= 4 is 5.97 Å². The number of rotatable bonds is 6. The molecule has 5 heteroatoms. The molecule has 1 aromatic rings. The summed E-state index contributed by atoms with van der Waals surface area (Å²) in [6, 6.07) is 0. The number of esters is 1. The van der Waals surface area contributed by atoms with Gasteiger partial charge in [-0.25, -0.2) is 4.79 Å². The van der Waals surface area contributed by atoms with Crippen molar-refractivity contribution in [2.24, 2.45) is 0 Å². The van der Waals surface area contributed by atoms with Crippen LogP contribution in [0.25, 0.3) is 0 Å². The predicted octanol–water partition coefficient (Wildman–Crippen LogP) is 2.07. The second-order valence-corrected chi connectivity index (χ2v) is 3.45. The summed E-state index contributed by atoms with van der Waals surface area (Å²) in [6.45, 7) is 6.61. The fourth-order valence-electron chi connectivity index (χ4n) is 1.24. The Labute approximate surface area is 95.1 Å². The first kappa shape index (κ1) is 12.5. The predicted molar refractivity (Wildman–Crippen MR) is 59.7 cm³/mol. The van der Waals surface area contributed by atoms with Crippen LogP contribution in [0.5, 0.6) is 5.88 Å². The lowest BCUT2D eigenvalue weighted by atomic mass is 10.2. The van der Waals surface area contributed by atoms with E-state index in [1.165, 1.54) is 0 Å². The number of H-pyrrole nitrogens is 1. The van der Waals surface area contributed by atoms with E-state index >= 15 is 0 Å². The molecule has 16 heavy (non-hydrogen) atoms. The number of hydrogen-bond acceptors (Lipinski definition) is 4. The molecule has 0 aliphatic heterocycles. The Bertz CT molecular complexity index is 347. The van der Waals surface area contributed by atoms with Gasteiger partial charge < -0.3 is 9.47 Å². The normalized spacial score (nSPS) is 10.2. The van der Waals surface area contributed by atoms with E-state index in [0.717, 1.165) is 12.8 Å². The smallest absolute Gasteiger partial charge is 0.356 e. The van der Waals surface area contributed by atoms with Gasteiger partial charge in [0.2, 0.25) is 5.88 Å². The van der Waals surface area contributed by atoms with Gasteiger partial charge in [-0.3, -0.25) is 5.10 Å². The van der Waals surface area contributed by atoms with Crippen LogP contribution in [0.1, 0.15) is 42.7 Å². The lowest BCUT2D eigenvalue weighted by Gasteiger charge is -2.02. The average Bonchev–Trinajstić information content (AvgIpc) is 2.61. The molecular weight excluding hydrogens is 208 g/mol. The highest BCUT2D eigenvalue weighted by molar-refractivity contribution is 5.89. The van der Waals surface area contributed by atoms with E-state index in [4.69, 9.17) is 9.47 Å². The summed E-state index contributed by atoms with van der Waals surface area (Å²) in [5, 5.41) is 6.58. The van der Waals surface area contributed by atoms with E-state index in [1.807, 2.05) is 0 Å². The number of carbonyl (C=O) groups is 1. The third-order valence-electron chi connectivity index (χ3n) is 2.18. The number of hydrogen-bond donors (Lipinski definition) is 1. The van der Waals surface area contributed by atoms with E-state index in [1.54, 1.807) is 13.8 Å². The van der Waals surface area contributed by atoms with Crippen LogP contribution in [0.15, 0.2) is 0 Å². The van der Waals surface area contributed by atoms with Gasteiger partial charge in [0.05, 0.1) is 13.2 Å². The minimum Gasteiger partial charge on any atom is -0.476 e. The Morgan fingerprint density at radius 3 is 2.81 bits per heavy atom. The number of carbonyl (C=O) groups excluding carboxylic acids is 1. The zero-order valence-corrected chi connectivity index (χ0v) is 10.0. The van der Waals surface area contributed by atoms with Gasteiger partial charge in [-0.15, -0.1) is 5.10 Å². The lowest BCUT2D eigenvalue weighted by molar-refractivity contribution is 0.0518. The molecule has 0 radical (unpaired) electrons. The zero-order chi connectivity index (χ0) is 12.0. The molecule has 1 rings (SSSR count). The second kappa shape index (κ2) is 6.15. The maximum Gasteiger partial charge on any atom is 0.356 e. The van der Waals surface area contributed by atoms with Gasteiger partial charge in [0.15, 0.2) is 0 Å². The molecule has 0 aromatic carbocycles. The summed E-state index contributed by atoms with van der Waals surface area (Å²) in [5.41, 5.74) is 1.07. The minimum absolute atomic E-state index is 0.351. The van der Waals surface area contributed by atoms with Crippen LogP contribution in [-0.2, 0) is 4.74 Å². The standard InChI is InChI=1S/C11H18N2O3/c1-4-6-7-16-10-8(3)9(12-13-10)11(14)15-5-2/h4-7H2,1-3H3,(H,12,13). The van der Waals surface area contributed by atoms with Crippen molar-refractivity contribution in [2.45, 2.75) is 33.6 Å². The SMILES string of the molecule is CCCCOc1n[nH]c(C(=O)OCC)c1C. The second-order valence-electron chi connectivity index (χ2n) is 3.45. The summed E-state index contributed by atoms with van der Waals surface area (Å²) in [4.78, 5) is 11.5. The molecular formula is C11H18N2O3. The van der Waals surface area contributed by atoms with Crippen molar-refractivity contribution in [3.8, 4) is 5.88 Å². The van der Waals surface area contributed by atoms with E-state index in [0.29, 0.717) is 30.4 Å². The Morgan fingerprint density at radius 1 is 1.44 bits per heavy atom. The number of aromatic amines is 1. The Hall–Kier alpha value is -1.52. The molecule has 1 heterocycles. The van der Waals surface area contributed by atoms with Crippen LogP contribution < -0.4 is 4.74 Å². The van der Waals surface area contributed by atoms with Gasteiger partial charge in [-0.05, 0) is 20.3 Å². The van der Waals surface area contributed by atoms with Gasteiger partial charge in [-0.1, -0.05) is 13.3 Å². The van der Waals surface area contributed by atoms with E-state index in [2.05, 4.69) is 17.1 Å². The summed E-state index contributed by atoms with van der Waals surface area (Å²) >= 11 is 0.